The lowest BCUT2D eigenvalue weighted by Crippen LogP contribution is -2.55. The minimum absolute atomic E-state index is 0.0322. The molecule has 2 atom stereocenters. The first-order chi connectivity index (χ1) is 31.1. The molecule has 0 saturated carbocycles. The van der Waals surface area contributed by atoms with Crippen molar-refractivity contribution >= 4 is 17.9 Å². The highest BCUT2D eigenvalue weighted by molar-refractivity contribution is 5.70. The van der Waals surface area contributed by atoms with Crippen LogP contribution in [0.4, 0.5) is 0 Å². The van der Waals surface area contributed by atoms with Gasteiger partial charge in [0.25, 0.3) is 0 Å². The van der Waals surface area contributed by atoms with Crippen LogP contribution >= 0.6 is 0 Å². The zero-order valence-corrected chi connectivity index (χ0v) is 42.4. The normalized spacial score (nSPS) is 13.2. The Kier molecular flexibility index (Phi) is 44.8. The number of nitrogens with zero attached hydrogens (tertiary/aromatic N) is 1. The molecule has 0 aliphatic carbocycles. The predicted molar refractivity (Wildman–Crippen MR) is 268 cm³/mol. The summed E-state index contributed by atoms with van der Waals surface area (Å²) in [6.45, 7) is 4.63. The van der Waals surface area contributed by atoms with Crippen molar-refractivity contribution in [2.75, 3.05) is 41.0 Å². The molecule has 0 aromatic heterocycles. The van der Waals surface area contributed by atoms with Gasteiger partial charge >= 0.3 is 11.9 Å². The topological polar surface area (TPSA) is 102 Å². The number of hydrogen-bond acceptors (Lipinski definition) is 7. The molecule has 0 spiro atoms. The first kappa shape index (κ1) is 61.3. The molecule has 0 aliphatic heterocycles. The Bertz CT molecular complexity index is 1190. The van der Waals surface area contributed by atoms with Crippen LogP contribution in [0.3, 0.4) is 0 Å². The largest absolute Gasteiger partial charge is 0.544 e. The average Bonchev–Trinajstić information content (AvgIpc) is 3.26. The molecule has 372 valence electrons. The van der Waals surface area contributed by atoms with Crippen LogP contribution < -0.4 is 5.11 Å². The second-order valence-corrected chi connectivity index (χ2v) is 19.2. The number of carboxylic acid groups (broad SMARTS) is 1. The van der Waals surface area contributed by atoms with Crippen LogP contribution in [0.25, 0.3) is 0 Å². The minimum atomic E-state index is -1.13. The fraction of sp³-hybridized carbons (Fsp3) is 0.804. The fourth-order valence-corrected chi connectivity index (χ4v) is 7.91. The van der Waals surface area contributed by atoms with Crippen LogP contribution in [0.5, 0.6) is 0 Å². The Morgan fingerprint density at radius 3 is 1.25 bits per heavy atom. The van der Waals surface area contributed by atoms with Gasteiger partial charge < -0.3 is 28.6 Å². The van der Waals surface area contributed by atoms with E-state index in [0.717, 1.165) is 64.2 Å². The summed E-state index contributed by atoms with van der Waals surface area (Å²) in [5.41, 5.74) is 0. The lowest BCUT2D eigenvalue weighted by molar-refractivity contribution is -0.889. The number of quaternary nitrogens is 1. The monoisotopic (exact) mass is 900 g/mol. The summed E-state index contributed by atoms with van der Waals surface area (Å²) in [6.07, 6.45) is 57.1. The number of hydrogen-bond donors (Lipinski definition) is 0. The van der Waals surface area contributed by atoms with Gasteiger partial charge in [-0.25, -0.2) is 0 Å². The molecule has 0 saturated heterocycles. The number of rotatable bonds is 48. The van der Waals surface area contributed by atoms with E-state index < -0.39 is 18.1 Å². The van der Waals surface area contributed by atoms with Crippen LogP contribution in [-0.4, -0.2) is 75.5 Å². The van der Waals surface area contributed by atoms with Gasteiger partial charge in [0.2, 0.25) is 0 Å². The van der Waals surface area contributed by atoms with E-state index in [1.807, 2.05) is 0 Å². The summed E-state index contributed by atoms with van der Waals surface area (Å²) in [5.74, 6) is -1.75. The maximum Gasteiger partial charge on any atom is 0.306 e. The quantitative estimate of drug-likeness (QED) is 0.0259. The molecule has 8 heteroatoms. The highest BCUT2D eigenvalue weighted by Crippen LogP contribution is 2.16. The molecular formula is C56H101NO7. The van der Waals surface area contributed by atoms with E-state index in [4.69, 9.17) is 14.2 Å². The van der Waals surface area contributed by atoms with Gasteiger partial charge in [-0.1, -0.05) is 229 Å². The fourth-order valence-electron chi connectivity index (χ4n) is 7.91. The van der Waals surface area contributed by atoms with Crippen molar-refractivity contribution in [2.24, 2.45) is 0 Å². The Hall–Kier alpha value is -2.71. The third kappa shape index (κ3) is 44.5. The van der Waals surface area contributed by atoms with Crippen molar-refractivity contribution in [3.63, 3.8) is 0 Å². The SMILES string of the molecule is CCCCC/C=C/C=C/C=C/C=C/CCCCCCCC(=O)OC(COCCC(C(=O)[O-])[N+](C)(C)C)COC(=O)CCCCCCCCCCCCCCCCCCCCCCCC. The minimum Gasteiger partial charge on any atom is -0.544 e. The number of ether oxygens (including phenoxy) is 3. The van der Waals surface area contributed by atoms with Gasteiger partial charge in [-0.15, -0.1) is 0 Å². The van der Waals surface area contributed by atoms with Gasteiger partial charge in [0, 0.05) is 19.3 Å². The van der Waals surface area contributed by atoms with E-state index in [1.165, 1.54) is 141 Å². The average molecular weight is 900 g/mol. The number of aliphatic carboxylic acids is 1. The third-order valence-electron chi connectivity index (χ3n) is 12.1. The number of carbonyl (C=O) groups excluding carboxylic acids is 3. The van der Waals surface area contributed by atoms with E-state index in [0.29, 0.717) is 12.8 Å². The van der Waals surface area contributed by atoms with Crippen molar-refractivity contribution in [3.8, 4) is 0 Å². The second kappa shape index (κ2) is 46.8. The summed E-state index contributed by atoms with van der Waals surface area (Å²) >= 11 is 0. The molecular weight excluding hydrogens is 799 g/mol. The van der Waals surface area contributed by atoms with Crippen LogP contribution in [0, 0.1) is 0 Å². The summed E-state index contributed by atoms with van der Waals surface area (Å²) < 4.78 is 17.2. The van der Waals surface area contributed by atoms with Crippen LogP contribution in [0.1, 0.15) is 239 Å². The Labute approximate surface area is 395 Å². The summed E-state index contributed by atoms with van der Waals surface area (Å²) in [7, 11) is 5.41. The standard InChI is InChI=1S/C56H101NO7/c1-6-8-10-12-14-16-18-20-22-24-26-27-28-29-31-32-34-36-38-40-42-44-46-54(58)63-51-52(50-62-49-48-53(56(60)61)57(3,4)5)64-55(59)47-45-43-41-39-37-35-33-30-25-23-21-19-17-15-13-11-9-7-2/h15,17,19,21,23,25,30,33,52-53H,6-14,16,18,20,22,24,26-29,31-32,34-51H2,1-5H3/b17-15+,21-19+,25-23+,33-30+. The van der Waals surface area contributed by atoms with Crippen molar-refractivity contribution in [2.45, 2.75) is 251 Å². The van der Waals surface area contributed by atoms with Crippen molar-refractivity contribution in [1.82, 2.24) is 0 Å². The second-order valence-electron chi connectivity index (χ2n) is 19.2. The number of carbonyl (C=O) groups is 3. The third-order valence-corrected chi connectivity index (χ3v) is 12.1. The van der Waals surface area contributed by atoms with Gasteiger partial charge in [-0.3, -0.25) is 9.59 Å². The highest BCUT2D eigenvalue weighted by Gasteiger charge is 2.25. The molecule has 8 nitrogen and oxygen atoms in total. The predicted octanol–water partition coefficient (Wildman–Crippen LogP) is 14.2. The molecule has 64 heavy (non-hydrogen) atoms. The molecule has 0 fully saturated rings. The van der Waals surface area contributed by atoms with Crippen LogP contribution in [0.2, 0.25) is 0 Å². The van der Waals surface area contributed by atoms with Crippen LogP contribution in [-0.2, 0) is 28.6 Å². The van der Waals surface area contributed by atoms with E-state index in [2.05, 4.69) is 62.5 Å². The number of allylic oxidation sites excluding steroid dienone is 8. The zero-order chi connectivity index (χ0) is 47.0. The maximum absolute atomic E-state index is 12.8. The van der Waals surface area contributed by atoms with Gasteiger partial charge in [-0.2, -0.15) is 0 Å². The summed E-state index contributed by atoms with van der Waals surface area (Å²) in [4.78, 5) is 37.1. The van der Waals surface area contributed by atoms with E-state index in [1.54, 1.807) is 21.1 Å². The van der Waals surface area contributed by atoms with Gasteiger partial charge in [0.05, 0.1) is 40.3 Å². The summed E-state index contributed by atoms with van der Waals surface area (Å²) in [6, 6.07) is -0.731. The Morgan fingerprint density at radius 1 is 0.469 bits per heavy atom. The number of unbranched alkanes of at least 4 members (excludes halogenated alkanes) is 29. The van der Waals surface area contributed by atoms with Gasteiger partial charge in [-0.05, 0) is 38.5 Å². The number of likely N-dealkylation sites (N-methyl/N-ethyl adjacent to an activating group) is 1. The Morgan fingerprint density at radius 2 is 0.828 bits per heavy atom. The number of esters is 2. The van der Waals surface area contributed by atoms with E-state index in [-0.39, 0.29) is 42.7 Å². The molecule has 0 heterocycles. The Balaban J connectivity index is 4.23. The van der Waals surface area contributed by atoms with Crippen molar-refractivity contribution in [3.05, 3.63) is 48.6 Å². The van der Waals surface area contributed by atoms with Crippen molar-refractivity contribution < 1.29 is 38.2 Å². The molecule has 0 amide bonds. The van der Waals surface area contributed by atoms with Crippen LogP contribution in [0.15, 0.2) is 48.6 Å². The lowest BCUT2D eigenvalue weighted by atomic mass is 10.0. The molecule has 0 aromatic rings. The zero-order valence-electron chi connectivity index (χ0n) is 42.4. The van der Waals surface area contributed by atoms with Crippen molar-refractivity contribution in [1.29, 1.82) is 0 Å². The number of carboxylic acids is 1. The van der Waals surface area contributed by atoms with E-state index in [9.17, 15) is 19.5 Å². The van der Waals surface area contributed by atoms with Gasteiger partial charge in [0.15, 0.2) is 6.10 Å². The molecule has 0 aromatic carbocycles. The molecule has 0 N–H and O–H groups in total. The van der Waals surface area contributed by atoms with E-state index >= 15 is 0 Å². The highest BCUT2D eigenvalue weighted by atomic mass is 16.6. The molecule has 2 unspecified atom stereocenters. The maximum atomic E-state index is 12.8. The first-order valence-corrected chi connectivity index (χ1v) is 26.7. The van der Waals surface area contributed by atoms with Gasteiger partial charge in [0.1, 0.15) is 12.6 Å². The first-order valence-electron chi connectivity index (χ1n) is 26.7. The smallest absolute Gasteiger partial charge is 0.306 e. The molecule has 0 radical (unpaired) electrons. The molecule has 0 bridgehead atoms. The molecule has 0 rings (SSSR count). The summed E-state index contributed by atoms with van der Waals surface area (Å²) in [5, 5.41) is 11.7. The molecule has 0 aliphatic rings. The lowest BCUT2D eigenvalue weighted by Gasteiger charge is -2.34.